The van der Waals surface area contributed by atoms with Crippen molar-refractivity contribution in [2.45, 2.75) is 44.4 Å². The van der Waals surface area contributed by atoms with Gasteiger partial charge in [-0.1, -0.05) is 0 Å². The molecule has 3 aromatic rings. The van der Waals surface area contributed by atoms with Gasteiger partial charge in [0.2, 0.25) is 0 Å². The van der Waals surface area contributed by atoms with E-state index in [1.165, 1.54) is 12.8 Å². The number of rotatable bonds is 5. The monoisotopic (exact) mass is 400 g/mol. The van der Waals surface area contributed by atoms with Crippen LogP contribution in [0.3, 0.4) is 0 Å². The molecule has 5 rings (SSSR count). The molecule has 2 bridgehead atoms. The molecule has 7 nitrogen and oxygen atoms in total. The summed E-state index contributed by atoms with van der Waals surface area (Å²) in [5.74, 6) is 0.616. The standard InChI is InChI=1S/C20H24N4O3S/c1-20(2,25)11-26-15-6-5-14(18-21-7-8-28-18)17-16(15)23-19(27-17)24-9-12-3-4-13(10-24)22-12/h5-8,12-13,22,25H,3-4,9-11H2,1-2H3. The summed E-state index contributed by atoms with van der Waals surface area (Å²) in [5, 5.41) is 16.5. The van der Waals surface area contributed by atoms with Crippen LogP contribution in [0.5, 0.6) is 5.75 Å². The van der Waals surface area contributed by atoms with Crippen LogP contribution < -0.4 is 15.0 Å². The summed E-state index contributed by atoms with van der Waals surface area (Å²) in [7, 11) is 0. The molecule has 2 N–H and O–H groups in total. The number of aromatic nitrogens is 2. The van der Waals surface area contributed by atoms with E-state index in [2.05, 4.69) is 15.2 Å². The molecule has 4 heterocycles. The van der Waals surface area contributed by atoms with Gasteiger partial charge >= 0.3 is 0 Å². The van der Waals surface area contributed by atoms with Gasteiger partial charge in [-0.25, -0.2) is 4.98 Å². The third-order valence-electron chi connectivity index (χ3n) is 5.23. The number of nitrogens with zero attached hydrogens (tertiary/aromatic N) is 3. The van der Waals surface area contributed by atoms with E-state index in [1.807, 2.05) is 17.5 Å². The molecule has 8 heteroatoms. The van der Waals surface area contributed by atoms with Gasteiger partial charge in [0.25, 0.3) is 6.01 Å². The fraction of sp³-hybridized carbons (Fsp3) is 0.500. The highest BCUT2D eigenvalue weighted by Gasteiger charge is 2.34. The van der Waals surface area contributed by atoms with Crippen LogP contribution in [-0.2, 0) is 0 Å². The van der Waals surface area contributed by atoms with Crippen LogP contribution in [0.25, 0.3) is 21.7 Å². The van der Waals surface area contributed by atoms with E-state index in [0.717, 1.165) is 23.7 Å². The van der Waals surface area contributed by atoms with E-state index < -0.39 is 5.60 Å². The molecule has 0 amide bonds. The lowest BCUT2D eigenvalue weighted by molar-refractivity contribution is 0.0290. The second-order valence-corrected chi connectivity index (χ2v) is 9.16. The van der Waals surface area contributed by atoms with Gasteiger partial charge in [0.1, 0.15) is 17.4 Å². The molecule has 28 heavy (non-hydrogen) atoms. The molecule has 2 aliphatic heterocycles. The average molecular weight is 401 g/mol. The Kier molecular flexibility index (Phi) is 4.30. The van der Waals surface area contributed by atoms with Gasteiger partial charge in [-0.15, -0.1) is 11.3 Å². The van der Waals surface area contributed by atoms with Gasteiger partial charge in [0, 0.05) is 36.8 Å². The molecule has 0 saturated carbocycles. The van der Waals surface area contributed by atoms with Crippen molar-refractivity contribution < 1.29 is 14.3 Å². The zero-order valence-electron chi connectivity index (χ0n) is 16.0. The van der Waals surface area contributed by atoms with Gasteiger partial charge < -0.3 is 24.5 Å². The molecule has 2 atom stereocenters. The Labute approximate surface area is 167 Å². The van der Waals surface area contributed by atoms with E-state index in [0.29, 0.717) is 34.9 Å². The fourth-order valence-corrected chi connectivity index (χ4v) is 4.62. The number of ether oxygens (including phenoxy) is 1. The lowest BCUT2D eigenvalue weighted by Gasteiger charge is -2.31. The van der Waals surface area contributed by atoms with E-state index >= 15 is 0 Å². The van der Waals surface area contributed by atoms with Crippen molar-refractivity contribution in [2.75, 3.05) is 24.6 Å². The Morgan fingerprint density at radius 1 is 1.32 bits per heavy atom. The lowest BCUT2D eigenvalue weighted by atomic mass is 10.1. The number of aliphatic hydroxyl groups is 1. The number of oxazole rings is 1. The Bertz CT molecular complexity index is 967. The molecule has 0 spiro atoms. The highest BCUT2D eigenvalue weighted by Crippen LogP contribution is 2.38. The second-order valence-electron chi connectivity index (χ2n) is 8.27. The fourth-order valence-electron chi connectivity index (χ4n) is 3.96. The largest absolute Gasteiger partial charge is 0.488 e. The SMILES string of the molecule is CC(C)(O)COc1ccc(-c2nccs2)c2oc(N3CC4CCC(C3)N4)nc12. The average Bonchev–Trinajstić information content (AvgIpc) is 3.39. The van der Waals surface area contributed by atoms with Crippen molar-refractivity contribution in [1.82, 2.24) is 15.3 Å². The lowest BCUT2D eigenvalue weighted by Crippen LogP contribution is -2.51. The van der Waals surface area contributed by atoms with Crippen molar-refractivity contribution in [1.29, 1.82) is 0 Å². The first-order chi connectivity index (χ1) is 13.5. The van der Waals surface area contributed by atoms with E-state index in [4.69, 9.17) is 14.1 Å². The maximum Gasteiger partial charge on any atom is 0.298 e. The zero-order valence-corrected chi connectivity index (χ0v) is 16.8. The summed E-state index contributed by atoms with van der Waals surface area (Å²) >= 11 is 1.57. The van der Waals surface area contributed by atoms with Crippen LogP contribution in [0.4, 0.5) is 6.01 Å². The molecule has 148 valence electrons. The number of nitrogens with one attached hydrogen (secondary N) is 1. The maximum absolute atomic E-state index is 10.0. The molecule has 2 aliphatic rings. The number of thiazole rings is 1. The summed E-state index contributed by atoms with van der Waals surface area (Å²) in [4.78, 5) is 11.5. The van der Waals surface area contributed by atoms with Crippen molar-refractivity contribution in [2.24, 2.45) is 0 Å². The maximum atomic E-state index is 10.0. The van der Waals surface area contributed by atoms with Crippen molar-refractivity contribution in [3.05, 3.63) is 23.7 Å². The number of anilines is 1. The predicted octanol–water partition coefficient (Wildman–Crippen LogP) is 3.04. The van der Waals surface area contributed by atoms with Gasteiger partial charge in [-0.2, -0.15) is 4.98 Å². The van der Waals surface area contributed by atoms with Crippen LogP contribution in [0, 0.1) is 0 Å². The molecule has 2 saturated heterocycles. The summed E-state index contributed by atoms with van der Waals surface area (Å²) in [6.07, 6.45) is 4.19. The first kappa shape index (κ1) is 17.9. The third kappa shape index (κ3) is 3.36. The highest BCUT2D eigenvalue weighted by atomic mass is 32.1. The quantitative estimate of drug-likeness (QED) is 0.681. The summed E-state index contributed by atoms with van der Waals surface area (Å²) in [5.41, 5.74) is 1.35. The topological polar surface area (TPSA) is 83.7 Å². The zero-order chi connectivity index (χ0) is 19.3. The van der Waals surface area contributed by atoms with Gasteiger partial charge in [0.15, 0.2) is 11.1 Å². The minimum Gasteiger partial charge on any atom is -0.488 e. The summed E-state index contributed by atoms with van der Waals surface area (Å²) in [6, 6.07) is 5.47. The Balaban J connectivity index is 1.56. The van der Waals surface area contributed by atoms with E-state index in [1.54, 1.807) is 31.4 Å². The van der Waals surface area contributed by atoms with Crippen LogP contribution in [0.1, 0.15) is 26.7 Å². The molecular formula is C20H24N4O3S. The van der Waals surface area contributed by atoms with Crippen molar-refractivity contribution in [3.63, 3.8) is 0 Å². The van der Waals surface area contributed by atoms with Gasteiger partial charge in [-0.3, -0.25) is 0 Å². The molecular weight excluding hydrogens is 376 g/mol. The predicted molar refractivity (Wildman–Crippen MR) is 109 cm³/mol. The smallest absolute Gasteiger partial charge is 0.298 e. The molecule has 0 aliphatic carbocycles. The second kappa shape index (κ2) is 6.72. The Hall–Kier alpha value is -2.16. The minimum absolute atomic E-state index is 0.179. The number of piperazine rings is 1. The van der Waals surface area contributed by atoms with Crippen LogP contribution in [0.2, 0.25) is 0 Å². The van der Waals surface area contributed by atoms with Crippen molar-refractivity contribution in [3.8, 4) is 16.3 Å². The number of hydrogen-bond donors (Lipinski definition) is 2. The van der Waals surface area contributed by atoms with Gasteiger partial charge in [0.05, 0.1) is 11.2 Å². The summed E-state index contributed by atoms with van der Waals surface area (Å²) < 4.78 is 12.2. The number of hydrogen-bond acceptors (Lipinski definition) is 8. The molecule has 1 aromatic carbocycles. The number of fused-ring (bicyclic) bond motifs is 3. The normalized spacial score (nSPS) is 22.2. The number of benzene rings is 1. The Morgan fingerprint density at radius 3 is 2.79 bits per heavy atom. The van der Waals surface area contributed by atoms with Gasteiger partial charge in [-0.05, 0) is 38.8 Å². The first-order valence-electron chi connectivity index (χ1n) is 9.66. The molecule has 0 radical (unpaired) electrons. The molecule has 2 fully saturated rings. The minimum atomic E-state index is -0.926. The highest BCUT2D eigenvalue weighted by molar-refractivity contribution is 7.13. The third-order valence-corrected chi connectivity index (χ3v) is 6.03. The first-order valence-corrected chi connectivity index (χ1v) is 10.5. The van der Waals surface area contributed by atoms with E-state index in [-0.39, 0.29) is 6.61 Å². The summed E-state index contributed by atoms with van der Waals surface area (Å²) in [6.45, 7) is 5.42. The van der Waals surface area contributed by atoms with Crippen LogP contribution in [0.15, 0.2) is 28.1 Å². The molecule has 2 aromatic heterocycles. The molecule has 2 unspecified atom stereocenters. The van der Waals surface area contributed by atoms with Crippen molar-refractivity contribution >= 4 is 28.5 Å². The Morgan fingerprint density at radius 2 is 2.11 bits per heavy atom. The van der Waals surface area contributed by atoms with E-state index in [9.17, 15) is 5.11 Å². The van der Waals surface area contributed by atoms with Crippen LogP contribution >= 0.6 is 11.3 Å². The van der Waals surface area contributed by atoms with Crippen LogP contribution in [-0.4, -0.2) is 52.5 Å².